The fourth-order valence-electron chi connectivity index (χ4n) is 3.68. The molecule has 0 unspecified atom stereocenters. The topological polar surface area (TPSA) is 87.0 Å². The van der Waals surface area contributed by atoms with E-state index in [-0.39, 0.29) is 18.8 Å². The van der Waals surface area contributed by atoms with E-state index < -0.39 is 0 Å². The number of aliphatic hydroxyl groups excluding tert-OH is 2. The SMILES string of the molecule is OCCc1nc2cnc3[nH]ccc3c2n1[C@@H]1CCC[C@@H](O)C1. The van der Waals surface area contributed by atoms with Gasteiger partial charge in [0, 0.05) is 24.0 Å². The van der Waals surface area contributed by atoms with Gasteiger partial charge < -0.3 is 19.8 Å². The predicted molar refractivity (Wildman–Crippen MR) is 83.7 cm³/mol. The molecule has 0 spiro atoms. The monoisotopic (exact) mass is 300 g/mol. The number of fused-ring (bicyclic) bond motifs is 3. The molecule has 4 rings (SSSR count). The molecule has 2 atom stereocenters. The zero-order chi connectivity index (χ0) is 15.1. The van der Waals surface area contributed by atoms with Crippen molar-refractivity contribution in [1.82, 2.24) is 19.5 Å². The molecular formula is C16H20N4O2. The summed E-state index contributed by atoms with van der Waals surface area (Å²) in [6, 6.07) is 2.25. The second kappa shape index (κ2) is 5.37. The van der Waals surface area contributed by atoms with Crippen molar-refractivity contribution in [2.75, 3.05) is 6.61 Å². The van der Waals surface area contributed by atoms with Gasteiger partial charge in [-0.05, 0) is 31.7 Å². The van der Waals surface area contributed by atoms with E-state index in [1.807, 2.05) is 12.3 Å². The Balaban J connectivity index is 1.95. The van der Waals surface area contributed by atoms with Gasteiger partial charge in [0.2, 0.25) is 0 Å². The molecule has 1 aliphatic rings. The molecule has 3 N–H and O–H groups in total. The van der Waals surface area contributed by atoms with E-state index in [9.17, 15) is 10.2 Å². The van der Waals surface area contributed by atoms with E-state index in [0.717, 1.165) is 53.6 Å². The Hall–Kier alpha value is -1.92. The molecule has 0 radical (unpaired) electrons. The van der Waals surface area contributed by atoms with Crippen molar-refractivity contribution in [3.63, 3.8) is 0 Å². The first kappa shape index (κ1) is 13.7. The summed E-state index contributed by atoms with van der Waals surface area (Å²) >= 11 is 0. The number of aromatic nitrogens is 4. The highest BCUT2D eigenvalue weighted by atomic mass is 16.3. The lowest BCUT2D eigenvalue weighted by atomic mass is 9.92. The van der Waals surface area contributed by atoms with Crippen molar-refractivity contribution < 1.29 is 10.2 Å². The summed E-state index contributed by atoms with van der Waals surface area (Å²) in [4.78, 5) is 12.2. The van der Waals surface area contributed by atoms with Crippen molar-refractivity contribution in [2.24, 2.45) is 0 Å². The maximum atomic E-state index is 10.0. The molecule has 3 aromatic heterocycles. The van der Waals surface area contributed by atoms with Crippen LogP contribution >= 0.6 is 0 Å². The Labute approximate surface area is 127 Å². The lowest BCUT2D eigenvalue weighted by Crippen LogP contribution is -2.24. The maximum Gasteiger partial charge on any atom is 0.139 e. The van der Waals surface area contributed by atoms with Crippen molar-refractivity contribution in [2.45, 2.75) is 44.2 Å². The number of nitrogens with zero attached hydrogens (tertiary/aromatic N) is 3. The molecule has 1 fully saturated rings. The van der Waals surface area contributed by atoms with E-state index in [2.05, 4.69) is 19.5 Å². The number of hydrogen-bond donors (Lipinski definition) is 3. The summed E-state index contributed by atoms with van der Waals surface area (Å²) in [6.45, 7) is 0.0717. The van der Waals surface area contributed by atoms with Crippen LogP contribution in [0.15, 0.2) is 18.5 Å². The van der Waals surface area contributed by atoms with Gasteiger partial charge in [-0.15, -0.1) is 0 Å². The first-order valence-electron chi connectivity index (χ1n) is 7.89. The first-order chi connectivity index (χ1) is 10.8. The first-order valence-corrected chi connectivity index (χ1v) is 7.89. The van der Waals surface area contributed by atoms with Crippen molar-refractivity contribution >= 4 is 22.1 Å². The minimum atomic E-state index is -0.248. The van der Waals surface area contributed by atoms with Gasteiger partial charge in [0.1, 0.15) is 17.0 Å². The highest BCUT2D eigenvalue weighted by Gasteiger charge is 2.26. The number of imidazole rings is 1. The molecule has 0 aliphatic heterocycles. The van der Waals surface area contributed by atoms with Crippen LogP contribution in [0, 0.1) is 0 Å². The average Bonchev–Trinajstić information content (AvgIpc) is 3.10. The Bertz CT molecular complexity index is 807. The molecule has 6 heteroatoms. The second-order valence-corrected chi connectivity index (χ2v) is 6.08. The number of rotatable bonds is 3. The summed E-state index contributed by atoms with van der Waals surface area (Å²) in [5, 5.41) is 20.5. The fraction of sp³-hybridized carbons (Fsp3) is 0.500. The maximum absolute atomic E-state index is 10.0. The summed E-state index contributed by atoms with van der Waals surface area (Å²) in [5.74, 6) is 0.882. The molecule has 1 aliphatic carbocycles. The van der Waals surface area contributed by atoms with Crippen LogP contribution < -0.4 is 0 Å². The number of hydrogen-bond acceptors (Lipinski definition) is 4. The van der Waals surface area contributed by atoms with E-state index in [1.54, 1.807) is 6.20 Å². The van der Waals surface area contributed by atoms with Gasteiger partial charge >= 0.3 is 0 Å². The smallest absolute Gasteiger partial charge is 0.139 e. The van der Waals surface area contributed by atoms with Gasteiger partial charge in [0.25, 0.3) is 0 Å². The van der Waals surface area contributed by atoms with Crippen LogP contribution in [-0.2, 0) is 6.42 Å². The summed E-state index contributed by atoms with van der Waals surface area (Å²) in [7, 11) is 0. The standard InChI is InChI=1S/C16H20N4O2/c21-7-5-14-19-13-9-18-16-12(4-6-17-16)15(13)20(14)10-2-1-3-11(22)8-10/h4,6,9-11,21-22H,1-3,5,7-8H2,(H,17,18)/t10-,11-/m1/s1. The van der Waals surface area contributed by atoms with Crippen LogP contribution in [0.1, 0.15) is 37.5 Å². The predicted octanol–water partition coefficient (Wildman–Crippen LogP) is 1.92. The number of nitrogens with one attached hydrogen (secondary N) is 1. The minimum Gasteiger partial charge on any atom is -0.396 e. The van der Waals surface area contributed by atoms with Crippen molar-refractivity contribution in [1.29, 1.82) is 0 Å². The fourth-order valence-corrected chi connectivity index (χ4v) is 3.68. The third kappa shape index (κ3) is 2.10. The molecule has 0 aromatic carbocycles. The molecule has 22 heavy (non-hydrogen) atoms. The van der Waals surface area contributed by atoms with Crippen LogP contribution in [0.2, 0.25) is 0 Å². The molecule has 3 aromatic rings. The Morgan fingerprint density at radius 3 is 3.09 bits per heavy atom. The summed E-state index contributed by atoms with van der Waals surface area (Å²) in [5.41, 5.74) is 2.77. The second-order valence-electron chi connectivity index (χ2n) is 6.08. The lowest BCUT2D eigenvalue weighted by Gasteiger charge is -2.29. The van der Waals surface area contributed by atoms with Crippen LogP contribution in [0.25, 0.3) is 22.1 Å². The molecule has 0 bridgehead atoms. The average molecular weight is 300 g/mol. The molecule has 116 valence electrons. The van der Waals surface area contributed by atoms with Gasteiger partial charge in [0.05, 0.1) is 24.4 Å². The van der Waals surface area contributed by atoms with Gasteiger partial charge in [-0.2, -0.15) is 0 Å². The number of aromatic amines is 1. The van der Waals surface area contributed by atoms with Gasteiger partial charge in [-0.3, -0.25) is 0 Å². The third-order valence-corrected chi connectivity index (χ3v) is 4.63. The number of H-pyrrole nitrogens is 1. The Morgan fingerprint density at radius 2 is 2.27 bits per heavy atom. The molecular weight excluding hydrogens is 280 g/mol. The van der Waals surface area contributed by atoms with Crippen LogP contribution in [0.4, 0.5) is 0 Å². The summed E-state index contributed by atoms with van der Waals surface area (Å²) in [6.07, 6.45) is 7.62. The zero-order valence-corrected chi connectivity index (χ0v) is 12.4. The minimum absolute atomic E-state index is 0.0717. The Morgan fingerprint density at radius 1 is 1.36 bits per heavy atom. The molecule has 1 saturated carbocycles. The largest absolute Gasteiger partial charge is 0.396 e. The highest BCUT2D eigenvalue weighted by molar-refractivity contribution is 6.01. The van der Waals surface area contributed by atoms with E-state index in [4.69, 9.17) is 0 Å². The van der Waals surface area contributed by atoms with Gasteiger partial charge in [0.15, 0.2) is 0 Å². The number of pyridine rings is 1. The van der Waals surface area contributed by atoms with Crippen molar-refractivity contribution in [3.8, 4) is 0 Å². The van der Waals surface area contributed by atoms with Gasteiger partial charge in [-0.25, -0.2) is 9.97 Å². The summed E-state index contributed by atoms with van der Waals surface area (Å²) < 4.78 is 2.23. The van der Waals surface area contributed by atoms with Gasteiger partial charge in [-0.1, -0.05) is 0 Å². The third-order valence-electron chi connectivity index (χ3n) is 4.63. The normalized spacial score (nSPS) is 22.6. The molecule has 0 amide bonds. The number of aliphatic hydroxyl groups is 2. The zero-order valence-electron chi connectivity index (χ0n) is 12.4. The van der Waals surface area contributed by atoms with Crippen LogP contribution in [-0.4, -0.2) is 42.4 Å². The molecule has 3 heterocycles. The van der Waals surface area contributed by atoms with E-state index in [1.165, 1.54) is 0 Å². The van der Waals surface area contributed by atoms with E-state index >= 15 is 0 Å². The van der Waals surface area contributed by atoms with Crippen molar-refractivity contribution in [3.05, 3.63) is 24.3 Å². The quantitative estimate of drug-likeness (QED) is 0.689. The molecule has 6 nitrogen and oxygen atoms in total. The Kier molecular flexibility index (Phi) is 3.35. The highest BCUT2D eigenvalue weighted by Crippen LogP contribution is 2.35. The van der Waals surface area contributed by atoms with E-state index in [0.29, 0.717) is 6.42 Å². The van der Waals surface area contributed by atoms with Crippen LogP contribution in [0.3, 0.4) is 0 Å². The molecule has 0 saturated heterocycles. The lowest BCUT2D eigenvalue weighted by molar-refractivity contribution is 0.104. The van der Waals surface area contributed by atoms with Crippen LogP contribution in [0.5, 0.6) is 0 Å².